The number of halogens is 2. The van der Waals surface area contributed by atoms with Gasteiger partial charge in [0.1, 0.15) is 0 Å². The number of hydrogen-bond acceptors (Lipinski definition) is 2. The van der Waals surface area contributed by atoms with Crippen molar-refractivity contribution in [2.24, 2.45) is 0 Å². The van der Waals surface area contributed by atoms with E-state index in [1.165, 1.54) is 13.2 Å². The topological polar surface area (TPSA) is 26.3 Å². The average Bonchev–Trinajstić information content (AvgIpc) is 2.53. The third-order valence-corrected chi connectivity index (χ3v) is 3.13. The van der Waals surface area contributed by atoms with Crippen LogP contribution in [0.2, 0.25) is 0 Å². The van der Waals surface area contributed by atoms with Crippen LogP contribution in [-0.2, 0) is 11.2 Å². The maximum absolute atomic E-state index is 13.9. The predicted molar refractivity (Wildman–Crippen MR) is 81.9 cm³/mol. The first-order chi connectivity index (χ1) is 10.5. The van der Waals surface area contributed by atoms with Crippen LogP contribution in [0.5, 0.6) is 0 Å². The zero-order chi connectivity index (χ0) is 16.0. The Balaban J connectivity index is 2.05. The Bertz CT molecular complexity index is 647. The SMILES string of the molecule is COC(=O)c1ccc(/C=C/C(F)(F)Cc2ccccc2)cc1. The molecule has 0 N–H and O–H groups in total. The van der Waals surface area contributed by atoms with Gasteiger partial charge in [0, 0.05) is 6.42 Å². The lowest BCUT2D eigenvalue weighted by molar-refractivity contribution is 0.0565. The van der Waals surface area contributed by atoms with Gasteiger partial charge < -0.3 is 4.74 Å². The fourth-order valence-corrected chi connectivity index (χ4v) is 1.99. The molecule has 22 heavy (non-hydrogen) atoms. The minimum Gasteiger partial charge on any atom is -0.465 e. The summed E-state index contributed by atoms with van der Waals surface area (Å²) >= 11 is 0. The number of carbonyl (C=O) groups excluding carboxylic acids is 1. The van der Waals surface area contributed by atoms with E-state index < -0.39 is 11.9 Å². The number of benzene rings is 2. The Kier molecular flexibility index (Phi) is 5.04. The van der Waals surface area contributed by atoms with Gasteiger partial charge in [-0.15, -0.1) is 0 Å². The molecule has 0 heterocycles. The standard InChI is InChI=1S/C18H16F2O2/c1-22-17(21)16-9-7-14(8-10-16)11-12-18(19,20)13-15-5-3-2-4-6-15/h2-12H,13H2,1H3/b12-11+. The monoisotopic (exact) mass is 302 g/mol. The summed E-state index contributed by atoms with van der Waals surface area (Å²) in [7, 11) is 1.29. The molecule has 0 spiro atoms. The Hall–Kier alpha value is -2.49. The molecule has 0 aromatic heterocycles. The van der Waals surface area contributed by atoms with E-state index in [0.717, 1.165) is 6.08 Å². The highest BCUT2D eigenvalue weighted by Gasteiger charge is 2.25. The van der Waals surface area contributed by atoms with Crippen molar-refractivity contribution in [1.82, 2.24) is 0 Å². The van der Waals surface area contributed by atoms with E-state index in [2.05, 4.69) is 4.74 Å². The molecule has 0 saturated heterocycles. The summed E-state index contributed by atoms with van der Waals surface area (Å²) < 4.78 is 32.4. The highest BCUT2D eigenvalue weighted by molar-refractivity contribution is 5.89. The number of methoxy groups -OCH3 is 1. The van der Waals surface area contributed by atoms with Gasteiger partial charge in [-0.25, -0.2) is 13.6 Å². The fraction of sp³-hybridized carbons (Fsp3) is 0.167. The molecular weight excluding hydrogens is 286 g/mol. The minimum atomic E-state index is -2.93. The molecule has 2 nitrogen and oxygen atoms in total. The molecule has 0 aliphatic heterocycles. The molecule has 0 aliphatic rings. The van der Waals surface area contributed by atoms with Gasteiger partial charge in [0.05, 0.1) is 12.7 Å². The summed E-state index contributed by atoms with van der Waals surface area (Å²) in [5, 5.41) is 0. The van der Waals surface area contributed by atoms with Gasteiger partial charge in [0.2, 0.25) is 0 Å². The largest absolute Gasteiger partial charge is 0.465 e. The normalized spacial score (nSPS) is 11.6. The van der Waals surface area contributed by atoms with Gasteiger partial charge in [0.25, 0.3) is 5.92 Å². The summed E-state index contributed by atoms with van der Waals surface area (Å²) in [5.74, 6) is -3.38. The molecule has 0 saturated carbocycles. The third-order valence-electron chi connectivity index (χ3n) is 3.13. The Morgan fingerprint density at radius 2 is 1.73 bits per heavy atom. The number of allylic oxidation sites excluding steroid dienone is 1. The second-order valence-corrected chi connectivity index (χ2v) is 4.87. The molecule has 0 bridgehead atoms. The van der Waals surface area contributed by atoms with E-state index in [9.17, 15) is 13.6 Å². The summed E-state index contributed by atoms with van der Waals surface area (Å²) in [6.45, 7) is 0. The first-order valence-electron chi connectivity index (χ1n) is 6.79. The van der Waals surface area contributed by atoms with E-state index in [0.29, 0.717) is 16.7 Å². The van der Waals surface area contributed by atoms with Crippen molar-refractivity contribution in [1.29, 1.82) is 0 Å². The summed E-state index contributed by atoms with van der Waals surface area (Å²) in [5.41, 5.74) is 1.56. The number of alkyl halides is 2. The van der Waals surface area contributed by atoms with Crippen LogP contribution in [0.1, 0.15) is 21.5 Å². The van der Waals surface area contributed by atoms with Crippen LogP contribution < -0.4 is 0 Å². The molecule has 0 aliphatic carbocycles. The molecule has 0 atom stereocenters. The van der Waals surface area contributed by atoms with Crippen LogP contribution in [0.15, 0.2) is 60.7 Å². The van der Waals surface area contributed by atoms with E-state index >= 15 is 0 Å². The van der Waals surface area contributed by atoms with Gasteiger partial charge in [-0.1, -0.05) is 48.5 Å². The van der Waals surface area contributed by atoms with Crippen molar-refractivity contribution in [2.45, 2.75) is 12.3 Å². The van der Waals surface area contributed by atoms with Crippen LogP contribution in [-0.4, -0.2) is 19.0 Å². The molecule has 2 aromatic carbocycles. The number of carbonyl (C=O) groups is 1. The minimum absolute atomic E-state index is 0.343. The van der Waals surface area contributed by atoms with Crippen molar-refractivity contribution in [2.75, 3.05) is 7.11 Å². The molecule has 2 rings (SSSR count). The maximum atomic E-state index is 13.9. The Morgan fingerprint density at radius 3 is 2.32 bits per heavy atom. The van der Waals surface area contributed by atoms with Crippen molar-refractivity contribution >= 4 is 12.0 Å². The summed E-state index contributed by atoms with van der Waals surface area (Å²) in [6, 6.07) is 14.9. The molecule has 0 amide bonds. The first kappa shape index (κ1) is 15.9. The van der Waals surface area contributed by atoms with Crippen molar-refractivity contribution in [3.8, 4) is 0 Å². The second-order valence-electron chi connectivity index (χ2n) is 4.87. The maximum Gasteiger partial charge on any atom is 0.337 e. The fourth-order valence-electron chi connectivity index (χ4n) is 1.99. The van der Waals surface area contributed by atoms with Gasteiger partial charge >= 0.3 is 5.97 Å². The highest BCUT2D eigenvalue weighted by atomic mass is 19.3. The molecule has 0 unspecified atom stereocenters. The predicted octanol–water partition coefficient (Wildman–Crippen LogP) is 4.36. The van der Waals surface area contributed by atoms with Crippen molar-refractivity contribution in [3.63, 3.8) is 0 Å². The molecule has 114 valence electrons. The quantitative estimate of drug-likeness (QED) is 0.767. The lowest BCUT2D eigenvalue weighted by atomic mass is 10.1. The highest BCUT2D eigenvalue weighted by Crippen LogP contribution is 2.23. The molecule has 4 heteroatoms. The Labute approximate surface area is 128 Å². The summed E-state index contributed by atoms with van der Waals surface area (Å²) in [4.78, 5) is 11.3. The lowest BCUT2D eigenvalue weighted by Crippen LogP contribution is -2.15. The van der Waals surface area contributed by atoms with E-state index in [-0.39, 0.29) is 6.42 Å². The van der Waals surface area contributed by atoms with Crippen molar-refractivity contribution < 1.29 is 18.3 Å². The molecule has 2 aromatic rings. The van der Waals surface area contributed by atoms with Crippen LogP contribution in [0.25, 0.3) is 6.08 Å². The van der Waals surface area contributed by atoms with Crippen LogP contribution in [0.4, 0.5) is 8.78 Å². The lowest BCUT2D eigenvalue weighted by Gasteiger charge is -2.11. The summed E-state index contributed by atoms with van der Waals surface area (Å²) in [6.07, 6.45) is 1.89. The zero-order valence-corrected chi connectivity index (χ0v) is 12.1. The average molecular weight is 302 g/mol. The first-order valence-corrected chi connectivity index (χ1v) is 6.79. The van der Waals surface area contributed by atoms with Gasteiger partial charge in [-0.2, -0.15) is 0 Å². The van der Waals surface area contributed by atoms with Crippen LogP contribution in [0, 0.1) is 0 Å². The van der Waals surface area contributed by atoms with E-state index in [1.807, 2.05) is 0 Å². The third kappa shape index (κ3) is 4.52. The van der Waals surface area contributed by atoms with Gasteiger partial charge in [0.15, 0.2) is 0 Å². The second kappa shape index (κ2) is 6.98. The van der Waals surface area contributed by atoms with E-state index in [4.69, 9.17) is 0 Å². The molecular formula is C18H16F2O2. The van der Waals surface area contributed by atoms with Gasteiger partial charge in [-0.05, 0) is 29.3 Å². The number of hydrogen-bond donors (Lipinski definition) is 0. The van der Waals surface area contributed by atoms with Crippen LogP contribution >= 0.6 is 0 Å². The van der Waals surface area contributed by atoms with E-state index in [1.54, 1.807) is 54.6 Å². The molecule has 0 fully saturated rings. The number of ether oxygens (including phenoxy) is 1. The van der Waals surface area contributed by atoms with Gasteiger partial charge in [-0.3, -0.25) is 0 Å². The van der Waals surface area contributed by atoms with Crippen molar-refractivity contribution in [3.05, 3.63) is 77.4 Å². The van der Waals surface area contributed by atoms with Crippen LogP contribution in [0.3, 0.4) is 0 Å². The zero-order valence-electron chi connectivity index (χ0n) is 12.1. The molecule has 0 radical (unpaired) electrons. The smallest absolute Gasteiger partial charge is 0.337 e. The number of esters is 1. The Morgan fingerprint density at radius 1 is 1.09 bits per heavy atom. The number of rotatable bonds is 5.